The van der Waals surface area contributed by atoms with Gasteiger partial charge in [0.05, 0.1) is 79.7 Å². The van der Waals surface area contributed by atoms with Crippen LogP contribution >= 0.6 is 22.6 Å². The first-order valence-electron chi connectivity index (χ1n) is 24.1. The first-order valence-corrected chi connectivity index (χ1v) is 28.2. The molecule has 0 amide bonds. The van der Waals surface area contributed by atoms with Gasteiger partial charge in [0.15, 0.2) is 14.1 Å². The summed E-state index contributed by atoms with van der Waals surface area (Å²) in [5.41, 5.74) is 2.23. The van der Waals surface area contributed by atoms with Gasteiger partial charge >= 0.3 is 5.97 Å². The van der Waals surface area contributed by atoms with Crippen molar-refractivity contribution >= 4 is 36.9 Å². The molecule has 0 radical (unpaired) electrons. The molecule has 342 valence electrons. The van der Waals surface area contributed by atoms with Crippen LogP contribution in [0, 0.1) is 11.8 Å². The summed E-state index contributed by atoms with van der Waals surface area (Å²) in [6.45, 7) is 20.3. The van der Waals surface area contributed by atoms with Crippen LogP contribution in [0.15, 0.2) is 24.3 Å². The molecule has 12 nitrogen and oxygen atoms in total. The molecule has 14 heteroatoms. The van der Waals surface area contributed by atoms with Crippen LogP contribution in [0.3, 0.4) is 0 Å². The van der Waals surface area contributed by atoms with Crippen LogP contribution in [0.4, 0.5) is 0 Å². The molecule has 21 atom stereocenters. The molecule has 12 bridgehead atoms. The van der Waals surface area contributed by atoms with Crippen molar-refractivity contribution in [3.63, 3.8) is 0 Å². The van der Waals surface area contributed by atoms with E-state index in [-0.39, 0.29) is 122 Å². The smallest absolute Gasteiger partial charge is 0.308 e. The lowest BCUT2D eigenvalue weighted by Crippen LogP contribution is -2.63. The van der Waals surface area contributed by atoms with Gasteiger partial charge in [-0.15, -0.1) is 0 Å². The molecule has 0 saturated carbocycles. The highest BCUT2D eigenvalue weighted by Crippen LogP contribution is 2.54. The summed E-state index contributed by atoms with van der Waals surface area (Å²) in [6, 6.07) is 3.24. The molecule has 61 heavy (non-hydrogen) atoms. The van der Waals surface area contributed by atoms with Crippen molar-refractivity contribution < 1.29 is 56.6 Å². The van der Waals surface area contributed by atoms with Crippen molar-refractivity contribution in [2.24, 2.45) is 11.8 Å². The third-order valence-corrected chi connectivity index (χ3v) is 22.4. The Morgan fingerprint density at radius 3 is 2.16 bits per heavy atom. The maximum absolute atomic E-state index is 14.3. The topological polar surface area (TPSA) is 119 Å². The number of carbonyl (C=O) groups excluding carboxylic acids is 1. The van der Waals surface area contributed by atoms with Gasteiger partial charge in [-0.1, -0.05) is 70.4 Å². The Balaban J connectivity index is 0.928. The number of carbonyl (C=O) groups is 1. The molecule has 11 aliphatic heterocycles. The Hall–Kier alpha value is -0.503. The van der Waals surface area contributed by atoms with Gasteiger partial charge in [0, 0.05) is 36.0 Å². The summed E-state index contributed by atoms with van der Waals surface area (Å²) < 4.78 is 76.6. The second kappa shape index (κ2) is 17.6. The van der Waals surface area contributed by atoms with Crippen molar-refractivity contribution in [2.75, 3.05) is 4.43 Å². The Kier molecular flexibility index (Phi) is 12.8. The molecule has 11 aliphatic rings. The largest absolute Gasteiger partial charge is 0.459 e. The lowest BCUT2D eigenvalue weighted by Gasteiger charge is -2.52. The van der Waals surface area contributed by atoms with Crippen molar-refractivity contribution in [3.05, 3.63) is 24.3 Å². The Morgan fingerprint density at radius 2 is 1.38 bits per heavy atom. The first-order chi connectivity index (χ1) is 29.4. The molecular formula is C47H71IO12Si. The Labute approximate surface area is 377 Å². The van der Waals surface area contributed by atoms with Gasteiger partial charge < -0.3 is 51.8 Å². The van der Waals surface area contributed by atoms with Gasteiger partial charge in [0.2, 0.25) is 0 Å². The normalized spacial score (nSPS) is 51.0. The second-order valence-corrected chi connectivity index (χ2v) is 26.0. The van der Waals surface area contributed by atoms with Crippen LogP contribution in [-0.4, -0.2) is 134 Å². The Morgan fingerprint density at radius 1 is 0.672 bits per heavy atom. The summed E-state index contributed by atoms with van der Waals surface area (Å²) >= 11 is 2.44. The Bertz CT molecular complexity index is 1640. The van der Waals surface area contributed by atoms with Crippen molar-refractivity contribution in [1.29, 1.82) is 0 Å². The molecule has 1 spiro atoms. The third kappa shape index (κ3) is 8.24. The number of fused-ring (bicyclic) bond motifs is 7. The highest BCUT2D eigenvalue weighted by molar-refractivity contribution is 14.1. The zero-order valence-corrected chi connectivity index (χ0v) is 40.2. The van der Waals surface area contributed by atoms with Gasteiger partial charge in [0.25, 0.3) is 0 Å². The number of esters is 1. The highest BCUT2D eigenvalue weighted by atomic mass is 127. The molecule has 11 saturated heterocycles. The van der Waals surface area contributed by atoms with Crippen LogP contribution in [0.1, 0.15) is 112 Å². The fourth-order valence-corrected chi connectivity index (χ4v) is 16.8. The van der Waals surface area contributed by atoms with Gasteiger partial charge in [-0.3, -0.25) is 4.79 Å². The molecule has 11 rings (SSSR count). The van der Waals surface area contributed by atoms with Gasteiger partial charge in [-0.25, -0.2) is 0 Å². The summed E-state index contributed by atoms with van der Waals surface area (Å²) in [5.74, 6) is -0.920. The molecule has 0 aliphatic carbocycles. The van der Waals surface area contributed by atoms with E-state index in [2.05, 4.69) is 70.4 Å². The number of hydrogen-bond donors (Lipinski definition) is 0. The molecule has 0 N–H and O–H groups in total. The van der Waals surface area contributed by atoms with E-state index in [9.17, 15) is 4.79 Å². The fourth-order valence-electron chi connectivity index (χ4n) is 13.1. The van der Waals surface area contributed by atoms with Gasteiger partial charge in [0.1, 0.15) is 36.6 Å². The molecule has 0 unspecified atom stereocenters. The van der Waals surface area contributed by atoms with E-state index in [4.69, 9.17) is 51.8 Å². The van der Waals surface area contributed by atoms with Crippen LogP contribution < -0.4 is 0 Å². The molecular weight excluding hydrogens is 911 g/mol. The van der Waals surface area contributed by atoms with Gasteiger partial charge in [-0.2, -0.15) is 0 Å². The third-order valence-electron chi connectivity index (χ3n) is 16.9. The minimum atomic E-state index is -1.92. The molecule has 11 heterocycles. The first kappa shape index (κ1) is 44.3. The van der Waals surface area contributed by atoms with Crippen molar-refractivity contribution in [3.8, 4) is 0 Å². The molecule has 11 fully saturated rings. The quantitative estimate of drug-likeness (QED) is 0.0855. The fraction of sp³-hybridized carbons (Fsp3) is 0.894. The number of hydrogen-bond acceptors (Lipinski definition) is 12. The average molecular weight is 983 g/mol. The molecule has 0 aromatic carbocycles. The van der Waals surface area contributed by atoms with E-state index in [1.165, 1.54) is 0 Å². The predicted molar refractivity (Wildman–Crippen MR) is 236 cm³/mol. The van der Waals surface area contributed by atoms with Crippen molar-refractivity contribution in [1.82, 2.24) is 0 Å². The van der Waals surface area contributed by atoms with E-state index in [1.54, 1.807) is 0 Å². The minimum Gasteiger partial charge on any atom is -0.459 e. The molecule has 0 aromatic heterocycles. The maximum atomic E-state index is 14.3. The van der Waals surface area contributed by atoms with Crippen molar-refractivity contribution in [2.45, 2.75) is 245 Å². The second-order valence-electron chi connectivity index (χ2n) is 20.4. The van der Waals surface area contributed by atoms with E-state index in [1.807, 2.05) is 0 Å². The van der Waals surface area contributed by atoms with Crippen LogP contribution in [0.5, 0.6) is 0 Å². The van der Waals surface area contributed by atoms with Crippen LogP contribution in [-0.2, 0) is 56.6 Å². The zero-order chi connectivity index (χ0) is 42.4. The summed E-state index contributed by atoms with van der Waals surface area (Å²) in [4.78, 5) is 14.3. The van der Waals surface area contributed by atoms with E-state index in [0.29, 0.717) is 25.7 Å². The lowest BCUT2D eigenvalue weighted by molar-refractivity contribution is -0.293. The highest BCUT2D eigenvalue weighted by Gasteiger charge is 2.69. The summed E-state index contributed by atoms with van der Waals surface area (Å²) in [5, 5.41) is 0. The number of ether oxygens (including phenoxy) is 10. The van der Waals surface area contributed by atoms with E-state index >= 15 is 0 Å². The van der Waals surface area contributed by atoms with Crippen LogP contribution in [0.25, 0.3) is 0 Å². The average Bonchev–Trinajstić information content (AvgIpc) is 3.84. The monoisotopic (exact) mass is 982 g/mol. The SMILES string of the molecule is C=C1C[C@@H]2CC[C@@]34C[C@H]5O[C@H]6[C@@H](O3)[C@H]3O[C@H](CC[C@@H]3O[C@H]6[C@H]5O4)CC(=O)O[C@@H]3[C@@H](C)[C@@H]4O[C@H](CI)[C@H](O[Si](CC)(CC)CC)C[C@@H]4O[C@H]3C[C@H]3O[C@@H](CC[C@@H]1O2)C[C@@H](C)C3=C. The minimum absolute atomic E-state index is 0.0155. The van der Waals surface area contributed by atoms with Crippen LogP contribution in [0.2, 0.25) is 18.1 Å². The summed E-state index contributed by atoms with van der Waals surface area (Å²) in [6.07, 6.45) is 4.95. The number of halogens is 1. The number of alkyl halides is 1. The van der Waals surface area contributed by atoms with E-state index < -0.39 is 26.3 Å². The number of rotatable bonds is 6. The standard InChI is InChI=1S/C47H71IO12Si/c1-8-61(9-2,10-3)60-34-21-36-40(56-38(34)23-48)27(7)41-35(53-36)20-33-26(6)24(4)17-28(51-33)11-13-31-25(5)18-30(50-31)15-16-47-22-37-43(58-47)44-45(55-37)46(59-47)42-32(54-44)14-12-29(52-42)19-39(49)57-41/h24,27-38,40-46H,5-6,8-23H2,1-4,7H3/t24-,27+,28+,29-,30+,31+,32+,33-,34-,35+,36+,37-,38-,40+,41-,42+,43+,44+,45-,46+,47+/m1/s1. The summed E-state index contributed by atoms with van der Waals surface area (Å²) in [7, 11) is -1.92. The zero-order valence-electron chi connectivity index (χ0n) is 37.1. The predicted octanol–water partition coefficient (Wildman–Crippen LogP) is 7.67. The lowest BCUT2D eigenvalue weighted by atomic mass is 9.79. The van der Waals surface area contributed by atoms with E-state index in [0.717, 1.165) is 78.7 Å². The molecule has 0 aromatic rings. The van der Waals surface area contributed by atoms with Gasteiger partial charge in [-0.05, 0) is 80.1 Å². The maximum Gasteiger partial charge on any atom is 0.308 e.